The van der Waals surface area contributed by atoms with Crippen LogP contribution in [0.25, 0.3) is 0 Å². The van der Waals surface area contributed by atoms with Crippen LogP contribution in [0.5, 0.6) is 0 Å². The van der Waals surface area contributed by atoms with Gasteiger partial charge in [-0.15, -0.1) is 0 Å². The zero-order valence-electron chi connectivity index (χ0n) is 18.3. The van der Waals surface area contributed by atoms with E-state index >= 15 is 0 Å². The van der Waals surface area contributed by atoms with Crippen molar-refractivity contribution in [3.8, 4) is 0 Å². The van der Waals surface area contributed by atoms with Gasteiger partial charge in [0.1, 0.15) is 0 Å². The number of guanidine groups is 1. The Balaban J connectivity index is 1.59. The highest BCUT2D eigenvalue weighted by molar-refractivity contribution is 7.92. The molecule has 0 atom stereocenters. The predicted octanol–water partition coefficient (Wildman–Crippen LogP) is 1.93. The molecule has 3 rings (SSSR count). The fraction of sp³-hybridized carbons (Fsp3) is 0.682. The van der Waals surface area contributed by atoms with Crippen LogP contribution in [0.1, 0.15) is 43.7 Å². The Morgan fingerprint density at radius 3 is 2.33 bits per heavy atom. The molecule has 0 aliphatic carbocycles. The van der Waals surface area contributed by atoms with Crippen LogP contribution in [-0.4, -0.2) is 69.7 Å². The van der Waals surface area contributed by atoms with Crippen LogP contribution < -0.4 is 10.6 Å². The Morgan fingerprint density at radius 1 is 1.10 bits per heavy atom. The third-order valence-corrected chi connectivity index (χ3v) is 8.29. The molecule has 168 valence electrons. The minimum atomic E-state index is -3.21. The number of sulfone groups is 1. The fourth-order valence-corrected chi connectivity index (χ4v) is 5.37. The number of likely N-dealkylation sites (tertiary alicyclic amines) is 1. The van der Waals surface area contributed by atoms with Gasteiger partial charge in [-0.25, -0.2) is 13.4 Å². The minimum Gasteiger partial charge on any atom is -0.381 e. The van der Waals surface area contributed by atoms with Crippen molar-refractivity contribution in [1.82, 2.24) is 15.5 Å². The molecule has 2 saturated heterocycles. The molecule has 2 aliphatic heterocycles. The molecule has 1 aromatic carbocycles. The summed E-state index contributed by atoms with van der Waals surface area (Å²) < 4.78 is 29.5. The van der Waals surface area contributed by atoms with E-state index in [1.54, 1.807) is 0 Å². The van der Waals surface area contributed by atoms with E-state index in [1.165, 1.54) is 37.8 Å². The van der Waals surface area contributed by atoms with Crippen LogP contribution >= 0.6 is 0 Å². The predicted molar refractivity (Wildman–Crippen MR) is 121 cm³/mol. The maximum absolute atomic E-state index is 12.5. The second kappa shape index (κ2) is 10.6. The van der Waals surface area contributed by atoms with E-state index in [0.717, 1.165) is 18.7 Å². The summed E-state index contributed by atoms with van der Waals surface area (Å²) in [6.45, 7) is 7.99. The van der Waals surface area contributed by atoms with E-state index in [9.17, 15) is 8.42 Å². The number of benzene rings is 1. The van der Waals surface area contributed by atoms with Gasteiger partial charge < -0.3 is 15.4 Å². The second-order valence-electron chi connectivity index (χ2n) is 8.42. The Labute approximate surface area is 181 Å². The standard InChI is InChI=1S/C22H36N4O3S/c1-3-23-21(25-18-22(30(2,27)28)10-14-29-15-11-22)24-16-19-6-8-20(9-7-19)17-26-12-4-5-13-26/h6-9H,3-5,10-18H2,1-2H3,(H2,23,24,25). The first-order chi connectivity index (χ1) is 14.4. The van der Waals surface area contributed by atoms with Crippen LogP contribution in [0.15, 0.2) is 29.3 Å². The van der Waals surface area contributed by atoms with Gasteiger partial charge in [0.25, 0.3) is 0 Å². The fourth-order valence-electron chi connectivity index (χ4n) is 4.13. The molecule has 2 fully saturated rings. The summed E-state index contributed by atoms with van der Waals surface area (Å²) >= 11 is 0. The Hall–Kier alpha value is -1.64. The van der Waals surface area contributed by atoms with Crippen LogP contribution in [-0.2, 0) is 27.7 Å². The average Bonchev–Trinajstić information content (AvgIpc) is 3.24. The molecule has 0 aromatic heterocycles. The summed E-state index contributed by atoms with van der Waals surface area (Å²) in [5.41, 5.74) is 2.48. The second-order valence-corrected chi connectivity index (χ2v) is 10.8. The van der Waals surface area contributed by atoms with E-state index in [2.05, 4.69) is 44.8 Å². The van der Waals surface area contributed by atoms with Crippen molar-refractivity contribution in [1.29, 1.82) is 0 Å². The number of hydrogen-bond donors (Lipinski definition) is 2. The van der Waals surface area contributed by atoms with Crippen molar-refractivity contribution in [2.75, 3.05) is 45.6 Å². The molecule has 0 amide bonds. The summed E-state index contributed by atoms with van der Waals surface area (Å²) in [6.07, 6.45) is 4.96. The lowest BCUT2D eigenvalue weighted by molar-refractivity contribution is 0.0756. The quantitative estimate of drug-likeness (QED) is 0.479. The summed E-state index contributed by atoms with van der Waals surface area (Å²) in [5, 5.41) is 6.49. The van der Waals surface area contributed by atoms with Gasteiger partial charge in [0, 0.05) is 39.1 Å². The number of ether oxygens (including phenoxy) is 1. The molecule has 30 heavy (non-hydrogen) atoms. The summed E-state index contributed by atoms with van der Waals surface area (Å²) in [7, 11) is -3.21. The first kappa shape index (κ1) is 23.0. The average molecular weight is 437 g/mol. The first-order valence-corrected chi connectivity index (χ1v) is 12.9. The van der Waals surface area contributed by atoms with Crippen LogP contribution in [0, 0.1) is 0 Å². The molecule has 7 nitrogen and oxygen atoms in total. The molecule has 0 saturated carbocycles. The Kier molecular flexibility index (Phi) is 8.13. The van der Waals surface area contributed by atoms with E-state index in [-0.39, 0.29) is 0 Å². The van der Waals surface area contributed by atoms with Crippen LogP contribution in [0.2, 0.25) is 0 Å². The van der Waals surface area contributed by atoms with Gasteiger partial charge in [-0.3, -0.25) is 4.90 Å². The number of rotatable bonds is 8. The summed E-state index contributed by atoms with van der Waals surface area (Å²) in [4.78, 5) is 7.17. The number of nitrogens with one attached hydrogen (secondary N) is 2. The molecule has 0 spiro atoms. The van der Waals surface area contributed by atoms with Crippen molar-refractivity contribution in [3.05, 3.63) is 35.4 Å². The molecule has 2 aliphatic rings. The maximum Gasteiger partial charge on any atom is 0.191 e. The zero-order chi connectivity index (χ0) is 21.5. The van der Waals surface area contributed by atoms with Crippen molar-refractivity contribution in [2.24, 2.45) is 4.99 Å². The molecule has 2 heterocycles. The molecule has 1 aromatic rings. The van der Waals surface area contributed by atoms with Gasteiger partial charge in [-0.1, -0.05) is 24.3 Å². The van der Waals surface area contributed by atoms with Gasteiger partial charge in [0.15, 0.2) is 15.8 Å². The van der Waals surface area contributed by atoms with Gasteiger partial charge in [0.2, 0.25) is 0 Å². The molecule has 2 N–H and O–H groups in total. The molecule has 8 heteroatoms. The van der Waals surface area contributed by atoms with E-state index in [0.29, 0.717) is 45.1 Å². The van der Waals surface area contributed by atoms with Crippen LogP contribution in [0.3, 0.4) is 0 Å². The third-order valence-electron chi connectivity index (χ3n) is 6.16. The third kappa shape index (κ3) is 6.18. The highest BCUT2D eigenvalue weighted by Gasteiger charge is 2.42. The zero-order valence-corrected chi connectivity index (χ0v) is 19.1. The van der Waals surface area contributed by atoms with Crippen molar-refractivity contribution < 1.29 is 13.2 Å². The number of aliphatic imine (C=N–C) groups is 1. The van der Waals surface area contributed by atoms with Gasteiger partial charge in [-0.2, -0.15) is 0 Å². The Bertz CT molecular complexity index is 796. The Morgan fingerprint density at radius 2 is 1.73 bits per heavy atom. The summed E-state index contributed by atoms with van der Waals surface area (Å²) in [5.74, 6) is 0.646. The lowest BCUT2D eigenvalue weighted by atomic mass is 9.99. The van der Waals surface area contributed by atoms with Crippen molar-refractivity contribution in [3.63, 3.8) is 0 Å². The van der Waals surface area contributed by atoms with Crippen LogP contribution in [0.4, 0.5) is 0 Å². The molecule has 0 unspecified atom stereocenters. The SMILES string of the molecule is CCNC(=NCc1ccc(CN2CCCC2)cc1)NCC1(S(C)(=O)=O)CCOCC1. The molecule has 0 bridgehead atoms. The smallest absolute Gasteiger partial charge is 0.191 e. The first-order valence-electron chi connectivity index (χ1n) is 11.0. The van der Waals surface area contributed by atoms with E-state index < -0.39 is 14.6 Å². The minimum absolute atomic E-state index is 0.343. The largest absolute Gasteiger partial charge is 0.381 e. The lowest BCUT2D eigenvalue weighted by Gasteiger charge is -2.35. The van der Waals surface area contributed by atoms with Gasteiger partial charge in [-0.05, 0) is 56.8 Å². The number of hydrogen-bond acceptors (Lipinski definition) is 5. The van der Waals surface area contributed by atoms with Gasteiger partial charge in [0.05, 0.1) is 11.3 Å². The monoisotopic (exact) mass is 436 g/mol. The normalized spacial score (nSPS) is 20.3. The van der Waals surface area contributed by atoms with Crippen molar-refractivity contribution >= 4 is 15.8 Å². The lowest BCUT2D eigenvalue weighted by Crippen LogP contribution is -2.53. The van der Waals surface area contributed by atoms with Gasteiger partial charge >= 0.3 is 0 Å². The number of nitrogens with zero attached hydrogens (tertiary/aromatic N) is 2. The highest BCUT2D eigenvalue weighted by atomic mass is 32.2. The molecular weight excluding hydrogens is 400 g/mol. The van der Waals surface area contributed by atoms with E-state index in [4.69, 9.17) is 4.74 Å². The molecular formula is C22H36N4O3S. The topological polar surface area (TPSA) is 83.0 Å². The summed E-state index contributed by atoms with van der Waals surface area (Å²) in [6, 6.07) is 8.64. The maximum atomic E-state index is 12.5. The molecule has 0 radical (unpaired) electrons. The van der Waals surface area contributed by atoms with Crippen molar-refractivity contribution in [2.45, 2.75) is 50.4 Å². The van der Waals surface area contributed by atoms with E-state index in [1.807, 2.05) is 6.92 Å². The highest BCUT2D eigenvalue weighted by Crippen LogP contribution is 2.28.